The Morgan fingerprint density at radius 2 is 2.21 bits per heavy atom. The van der Waals surface area contributed by atoms with Crippen LogP contribution in [0.25, 0.3) is 0 Å². The zero-order valence-electron chi connectivity index (χ0n) is 12.2. The van der Waals surface area contributed by atoms with Crippen molar-refractivity contribution in [2.24, 2.45) is 5.92 Å². The summed E-state index contributed by atoms with van der Waals surface area (Å²) in [4.78, 5) is 2.56. The first-order chi connectivity index (χ1) is 9.06. The highest BCUT2D eigenvalue weighted by Crippen LogP contribution is 2.19. The van der Waals surface area contributed by atoms with E-state index in [1.165, 1.54) is 25.1 Å². The van der Waals surface area contributed by atoms with Gasteiger partial charge < -0.3 is 10.2 Å². The van der Waals surface area contributed by atoms with E-state index in [-0.39, 0.29) is 0 Å². The number of rotatable bonds is 5. The van der Waals surface area contributed by atoms with Crippen LogP contribution in [-0.4, -0.2) is 30.6 Å². The maximum atomic E-state index is 6.14. The quantitative estimate of drug-likeness (QED) is 0.888. The number of benzene rings is 1. The molecule has 2 rings (SSSR count). The van der Waals surface area contributed by atoms with Crippen LogP contribution in [0.15, 0.2) is 18.2 Å². The van der Waals surface area contributed by atoms with Crippen LogP contribution in [0.3, 0.4) is 0 Å². The first-order valence-corrected chi connectivity index (χ1v) is 7.64. The summed E-state index contributed by atoms with van der Waals surface area (Å²) < 4.78 is 0. The molecule has 0 spiro atoms. The number of halogens is 1. The first kappa shape index (κ1) is 14.8. The molecular formula is C16H25ClN2. The van der Waals surface area contributed by atoms with Crippen LogP contribution in [0, 0.1) is 12.8 Å². The van der Waals surface area contributed by atoms with Gasteiger partial charge in [0.25, 0.3) is 0 Å². The molecule has 2 nitrogen and oxygen atoms in total. The molecule has 1 unspecified atom stereocenters. The second-order valence-electron chi connectivity index (χ2n) is 5.96. The van der Waals surface area contributed by atoms with Gasteiger partial charge in [-0.15, -0.1) is 0 Å². The highest BCUT2D eigenvalue weighted by Gasteiger charge is 2.23. The fourth-order valence-electron chi connectivity index (χ4n) is 2.67. The van der Waals surface area contributed by atoms with Crippen LogP contribution in [0.1, 0.15) is 31.4 Å². The van der Waals surface area contributed by atoms with Crippen molar-refractivity contribution in [2.75, 3.05) is 19.6 Å². The number of hydrogen-bond acceptors (Lipinski definition) is 2. The smallest absolute Gasteiger partial charge is 0.0438 e. The number of likely N-dealkylation sites (tertiary alicyclic amines) is 1. The van der Waals surface area contributed by atoms with Gasteiger partial charge in [0.05, 0.1) is 0 Å². The predicted molar refractivity (Wildman–Crippen MR) is 82.7 cm³/mol. The highest BCUT2D eigenvalue weighted by atomic mass is 35.5. The van der Waals surface area contributed by atoms with Crippen molar-refractivity contribution in [1.82, 2.24) is 10.2 Å². The van der Waals surface area contributed by atoms with Gasteiger partial charge in [0.15, 0.2) is 0 Å². The Hall–Kier alpha value is -0.570. The summed E-state index contributed by atoms with van der Waals surface area (Å²) in [6, 6.07) is 7.00. The van der Waals surface area contributed by atoms with Crippen LogP contribution in [0.2, 0.25) is 5.02 Å². The zero-order valence-corrected chi connectivity index (χ0v) is 13.0. The fourth-order valence-corrected chi connectivity index (χ4v) is 2.87. The summed E-state index contributed by atoms with van der Waals surface area (Å²) in [6.45, 7) is 11.1. The van der Waals surface area contributed by atoms with Crippen molar-refractivity contribution >= 4 is 11.6 Å². The third-order valence-corrected chi connectivity index (χ3v) is 4.45. The second kappa shape index (κ2) is 6.74. The Bertz CT molecular complexity index is 417. The van der Waals surface area contributed by atoms with E-state index in [2.05, 4.69) is 42.3 Å². The molecule has 1 aromatic rings. The summed E-state index contributed by atoms with van der Waals surface area (Å²) in [6.07, 6.45) is 1.32. The fraction of sp³-hybridized carbons (Fsp3) is 0.625. The van der Waals surface area contributed by atoms with Crippen molar-refractivity contribution in [3.63, 3.8) is 0 Å². The summed E-state index contributed by atoms with van der Waals surface area (Å²) in [5.74, 6) is 0.795. The molecule has 1 aliphatic heterocycles. The van der Waals surface area contributed by atoms with Crippen molar-refractivity contribution in [2.45, 2.75) is 39.8 Å². The van der Waals surface area contributed by atoms with E-state index in [1.54, 1.807) is 0 Å². The Labute approximate surface area is 122 Å². The lowest BCUT2D eigenvalue weighted by atomic mass is 10.1. The maximum Gasteiger partial charge on any atom is 0.0438 e. The van der Waals surface area contributed by atoms with E-state index in [9.17, 15) is 0 Å². The van der Waals surface area contributed by atoms with Gasteiger partial charge in [0.1, 0.15) is 0 Å². The minimum atomic E-state index is 0.681. The van der Waals surface area contributed by atoms with E-state index < -0.39 is 0 Å². The lowest BCUT2D eigenvalue weighted by Gasteiger charge is -2.20. The van der Waals surface area contributed by atoms with Crippen molar-refractivity contribution in [3.05, 3.63) is 34.3 Å². The molecule has 0 bridgehead atoms. The van der Waals surface area contributed by atoms with Gasteiger partial charge in [-0.05, 0) is 63.4 Å². The van der Waals surface area contributed by atoms with E-state index >= 15 is 0 Å². The predicted octanol–water partition coefficient (Wildman–Crippen LogP) is 3.47. The molecule has 0 saturated carbocycles. The van der Waals surface area contributed by atoms with Gasteiger partial charge in [-0.3, -0.25) is 0 Å². The Kier molecular flexibility index (Phi) is 5.26. The Morgan fingerprint density at radius 3 is 2.84 bits per heavy atom. The molecule has 106 valence electrons. The van der Waals surface area contributed by atoms with Gasteiger partial charge in [0, 0.05) is 24.2 Å². The minimum absolute atomic E-state index is 0.681. The number of nitrogens with zero attached hydrogens (tertiary/aromatic N) is 1. The van der Waals surface area contributed by atoms with Crippen LogP contribution < -0.4 is 5.32 Å². The lowest BCUT2D eigenvalue weighted by Crippen LogP contribution is -2.30. The van der Waals surface area contributed by atoms with Crippen LogP contribution in [-0.2, 0) is 6.54 Å². The second-order valence-corrected chi connectivity index (χ2v) is 6.37. The summed E-state index contributed by atoms with van der Waals surface area (Å²) in [7, 11) is 0. The van der Waals surface area contributed by atoms with Crippen molar-refractivity contribution in [1.29, 1.82) is 0 Å². The molecule has 1 N–H and O–H groups in total. The summed E-state index contributed by atoms with van der Waals surface area (Å²) in [5.41, 5.74) is 2.42. The van der Waals surface area contributed by atoms with E-state index in [4.69, 9.17) is 11.6 Å². The van der Waals surface area contributed by atoms with Gasteiger partial charge in [0.2, 0.25) is 0 Å². The van der Waals surface area contributed by atoms with Crippen LogP contribution in [0.5, 0.6) is 0 Å². The Balaban J connectivity index is 1.73. The van der Waals surface area contributed by atoms with Crippen molar-refractivity contribution < 1.29 is 0 Å². The number of nitrogens with one attached hydrogen (secondary N) is 1. The molecule has 0 aromatic heterocycles. The normalized spacial score (nSPS) is 20.4. The third kappa shape index (κ3) is 4.20. The van der Waals surface area contributed by atoms with Crippen LogP contribution in [0.4, 0.5) is 0 Å². The standard InChI is InChI=1S/C16H25ClN2/c1-12(2)19-7-6-15(11-19)10-18-9-14-5-4-13(3)16(17)8-14/h4-5,8,12,15,18H,6-7,9-11H2,1-3H3. The van der Waals surface area contributed by atoms with Gasteiger partial charge in [-0.25, -0.2) is 0 Å². The van der Waals surface area contributed by atoms with Gasteiger partial charge in [-0.2, -0.15) is 0 Å². The average molecular weight is 281 g/mol. The third-order valence-electron chi connectivity index (χ3n) is 4.05. The molecule has 0 aliphatic carbocycles. The highest BCUT2D eigenvalue weighted by molar-refractivity contribution is 6.31. The number of aryl methyl sites for hydroxylation is 1. The first-order valence-electron chi connectivity index (χ1n) is 7.26. The topological polar surface area (TPSA) is 15.3 Å². The molecule has 1 aliphatic rings. The minimum Gasteiger partial charge on any atom is -0.312 e. The van der Waals surface area contributed by atoms with Gasteiger partial charge >= 0.3 is 0 Å². The molecule has 1 aromatic carbocycles. The summed E-state index contributed by atoms with van der Waals surface area (Å²) in [5, 5.41) is 4.43. The monoisotopic (exact) mass is 280 g/mol. The molecule has 0 radical (unpaired) electrons. The SMILES string of the molecule is Cc1ccc(CNCC2CCN(C(C)C)C2)cc1Cl. The molecule has 0 amide bonds. The molecule has 1 saturated heterocycles. The zero-order chi connectivity index (χ0) is 13.8. The molecule has 3 heteroatoms. The van der Waals surface area contributed by atoms with E-state index in [0.29, 0.717) is 6.04 Å². The largest absolute Gasteiger partial charge is 0.312 e. The van der Waals surface area contributed by atoms with Crippen molar-refractivity contribution in [3.8, 4) is 0 Å². The Morgan fingerprint density at radius 1 is 1.42 bits per heavy atom. The lowest BCUT2D eigenvalue weighted by molar-refractivity contribution is 0.264. The maximum absolute atomic E-state index is 6.14. The van der Waals surface area contributed by atoms with E-state index in [0.717, 1.165) is 29.6 Å². The number of hydrogen-bond donors (Lipinski definition) is 1. The molecule has 1 heterocycles. The summed E-state index contributed by atoms with van der Waals surface area (Å²) >= 11 is 6.14. The molecular weight excluding hydrogens is 256 g/mol. The molecule has 1 fully saturated rings. The van der Waals surface area contributed by atoms with Gasteiger partial charge in [-0.1, -0.05) is 23.7 Å². The average Bonchev–Trinajstić information content (AvgIpc) is 2.83. The van der Waals surface area contributed by atoms with E-state index in [1.807, 2.05) is 6.92 Å². The molecule has 1 atom stereocenters. The molecule has 19 heavy (non-hydrogen) atoms. The van der Waals surface area contributed by atoms with Crippen LogP contribution >= 0.6 is 11.6 Å².